The Morgan fingerprint density at radius 1 is 1.33 bits per heavy atom. The highest BCUT2D eigenvalue weighted by Gasteiger charge is 2.25. The number of hydrogen-bond acceptors (Lipinski definition) is 3. The summed E-state index contributed by atoms with van der Waals surface area (Å²) >= 11 is 0. The van der Waals surface area contributed by atoms with Gasteiger partial charge in [-0.05, 0) is 25.9 Å². The molecule has 0 radical (unpaired) electrons. The Morgan fingerprint density at radius 3 is 2.50 bits per heavy atom. The Hall–Kier alpha value is -1.36. The number of nitrogens with zero attached hydrogens (tertiary/aromatic N) is 4. The number of aromatic nitrogens is 2. The first kappa shape index (κ1) is 13.1. The van der Waals surface area contributed by atoms with E-state index in [9.17, 15) is 4.79 Å². The van der Waals surface area contributed by atoms with Gasteiger partial charge in [0.15, 0.2) is 0 Å². The van der Waals surface area contributed by atoms with Gasteiger partial charge in [-0.25, -0.2) is 9.78 Å². The smallest absolute Gasteiger partial charge is 0.324 e. The van der Waals surface area contributed by atoms with Crippen LogP contribution < -0.4 is 0 Å². The number of piperidine rings is 1. The number of amides is 1. The molecule has 0 unspecified atom stereocenters. The molecule has 2 rings (SSSR count). The molecule has 1 aromatic rings. The molecule has 0 bridgehead atoms. The standard InChI is InChI=1S/C13H22N4O/c1-3-15(4-2)12-5-8-16(9-6-12)13(18)17-10-7-14-11-17/h7,10-12H,3-6,8-9H2,1-2H3. The lowest BCUT2D eigenvalue weighted by Gasteiger charge is -2.37. The van der Waals surface area contributed by atoms with E-state index in [0.717, 1.165) is 39.0 Å². The van der Waals surface area contributed by atoms with E-state index in [2.05, 4.69) is 23.7 Å². The molecule has 1 saturated heterocycles. The Kier molecular flexibility index (Phi) is 4.36. The number of imidazole rings is 1. The molecule has 0 N–H and O–H groups in total. The minimum absolute atomic E-state index is 0.0468. The van der Waals surface area contributed by atoms with E-state index in [-0.39, 0.29) is 6.03 Å². The largest absolute Gasteiger partial charge is 0.329 e. The van der Waals surface area contributed by atoms with Crippen molar-refractivity contribution in [2.45, 2.75) is 32.7 Å². The van der Waals surface area contributed by atoms with Crippen molar-refractivity contribution in [3.05, 3.63) is 18.7 Å². The molecule has 18 heavy (non-hydrogen) atoms. The summed E-state index contributed by atoms with van der Waals surface area (Å²) in [6, 6.07) is 0.678. The number of carbonyl (C=O) groups is 1. The van der Waals surface area contributed by atoms with E-state index in [1.165, 1.54) is 0 Å². The zero-order valence-electron chi connectivity index (χ0n) is 11.2. The van der Waals surface area contributed by atoms with Gasteiger partial charge >= 0.3 is 6.03 Å². The summed E-state index contributed by atoms with van der Waals surface area (Å²) in [6.45, 7) is 8.28. The van der Waals surface area contributed by atoms with Crippen LogP contribution in [0.3, 0.4) is 0 Å². The van der Waals surface area contributed by atoms with Crippen molar-refractivity contribution in [3.8, 4) is 0 Å². The third kappa shape index (κ3) is 2.72. The molecule has 0 spiro atoms. The zero-order chi connectivity index (χ0) is 13.0. The molecule has 0 aromatic carbocycles. The van der Waals surface area contributed by atoms with E-state index < -0.39 is 0 Å². The summed E-state index contributed by atoms with van der Waals surface area (Å²) in [4.78, 5) is 20.4. The van der Waals surface area contributed by atoms with E-state index >= 15 is 0 Å². The fraction of sp³-hybridized carbons (Fsp3) is 0.692. The van der Waals surface area contributed by atoms with Crippen LogP contribution in [-0.2, 0) is 0 Å². The fourth-order valence-electron chi connectivity index (χ4n) is 2.70. The highest BCUT2D eigenvalue weighted by Crippen LogP contribution is 2.17. The maximum Gasteiger partial charge on any atom is 0.329 e. The highest BCUT2D eigenvalue weighted by atomic mass is 16.2. The van der Waals surface area contributed by atoms with Gasteiger partial charge in [-0.2, -0.15) is 0 Å². The molecule has 1 aromatic heterocycles. The normalized spacial score (nSPS) is 17.4. The van der Waals surface area contributed by atoms with Crippen LogP contribution in [0.25, 0.3) is 0 Å². The summed E-state index contributed by atoms with van der Waals surface area (Å²) in [5.74, 6) is 0. The number of likely N-dealkylation sites (tertiary alicyclic amines) is 1. The second-order valence-electron chi connectivity index (χ2n) is 4.69. The van der Waals surface area contributed by atoms with Crippen LogP contribution in [0.4, 0.5) is 4.79 Å². The average Bonchev–Trinajstić information content (AvgIpc) is 2.94. The van der Waals surface area contributed by atoms with E-state index in [4.69, 9.17) is 0 Å². The first-order chi connectivity index (χ1) is 8.76. The summed E-state index contributed by atoms with van der Waals surface area (Å²) in [7, 11) is 0. The monoisotopic (exact) mass is 250 g/mol. The maximum atomic E-state index is 12.1. The summed E-state index contributed by atoms with van der Waals surface area (Å²) in [6.07, 6.45) is 7.06. The van der Waals surface area contributed by atoms with Crippen molar-refractivity contribution < 1.29 is 4.79 Å². The van der Waals surface area contributed by atoms with Crippen LogP contribution in [0.15, 0.2) is 18.7 Å². The van der Waals surface area contributed by atoms with Gasteiger partial charge in [0, 0.05) is 31.5 Å². The van der Waals surface area contributed by atoms with Crippen LogP contribution in [0, 0.1) is 0 Å². The van der Waals surface area contributed by atoms with Crippen molar-refractivity contribution in [3.63, 3.8) is 0 Å². The molecule has 5 heteroatoms. The highest BCUT2D eigenvalue weighted by molar-refractivity contribution is 5.76. The van der Waals surface area contributed by atoms with Crippen LogP contribution >= 0.6 is 0 Å². The van der Waals surface area contributed by atoms with Crippen molar-refractivity contribution in [1.29, 1.82) is 0 Å². The zero-order valence-corrected chi connectivity index (χ0v) is 11.2. The predicted molar refractivity (Wildman–Crippen MR) is 70.5 cm³/mol. The quantitative estimate of drug-likeness (QED) is 0.819. The molecule has 0 aliphatic carbocycles. The van der Waals surface area contributed by atoms with Crippen LogP contribution in [0.5, 0.6) is 0 Å². The molecular formula is C13H22N4O. The Bertz CT molecular complexity index is 364. The molecule has 1 amide bonds. The molecule has 0 atom stereocenters. The van der Waals surface area contributed by atoms with Crippen LogP contribution in [-0.4, -0.2) is 57.6 Å². The maximum absolute atomic E-state index is 12.1. The molecular weight excluding hydrogens is 228 g/mol. The van der Waals surface area contributed by atoms with Gasteiger partial charge < -0.3 is 9.80 Å². The third-order valence-corrected chi connectivity index (χ3v) is 3.79. The molecule has 1 fully saturated rings. The fourth-order valence-corrected chi connectivity index (χ4v) is 2.70. The Labute approximate surface area is 108 Å². The Morgan fingerprint density at radius 2 is 2.00 bits per heavy atom. The number of hydrogen-bond donors (Lipinski definition) is 0. The van der Waals surface area contributed by atoms with Crippen LogP contribution in [0.1, 0.15) is 26.7 Å². The van der Waals surface area contributed by atoms with Gasteiger partial charge in [0.25, 0.3) is 0 Å². The molecule has 2 heterocycles. The molecule has 100 valence electrons. The minimum atomic E-state index is 0.0468. The lowest BCUT2D eigenvalue weighted by Crippen LogP contribution is -2.47. The minimum Gasteiger partial charge on any atom is -0.324 e. The summed E-state index contributed by atoms with van der Waals surface area (Å²) in [5.41, 5.74) is 0. The van der Waals surface area contributed by atoms with Crippen molar-refractivity contribution in [2.24, 2.45) is 0 Å². The second-order valence-corrected chi connectivity index (χ2v) is 4.69. The van der Waals surface area contributed by atoms with Crippen molar-refractivity contribution in [1.82, 2.24) is 19.4 Å². The number of rotatable bonds is 3. The summed E-state index contributed by atoms with van der Waals surface area (Å²) < 4.78 is 1.55. The van der Waals surface area contributed by atoms with Gasteiger partial charge in [-0.1, -0.05) is 13.8 Å². The van der Waals surface area contributed by atoms with Gasteiger partial charge in [0.2, 0.25) is 0 Å². The van der Waals surface area contributed by atoms with E-state index in [0.29, 0.717) is 6.04 Å². The molecule has 5 nitrogen and oxygen atoms in total. The molecule has 1 aliphatic heterocycles. The topological polar surface area (TPSA) is 41.4 Å². The average molecular weight is 250 g/mol. The SMILES string of the molecule is CCN(CC)C1CCN(C(=O)n2ccnc2)CC1. The van der Waals surface area contributed by atoms with E-state index in [1.807, 2.05) is 4.90 Å². The first-order valence-corrected chi connectivity index (χ1v) is 6.77. The van der Waals surface area contributed by atoms with Crippen LogP contribution in [0.2, 0.25) is 0 Å². The number of carbonyl (C=O) groups excluding carboxylic acids is 1. The second kappa shape index (κ2) is 6.00. The molecule has 1 aliphatic rings. The van der Waals surface area contributed by atoms with E-state index in [1.54, 1.807) is 23.3 Å². The lowest BCUT2D eigenvalue weighted by molar-refractivity contribution is 0.125. The van der Waals surface area contributed by atoms with Crippen molar-refractivity contribution >= 4 is 6.03 Å². The lowest BCUT2D eigenvalue weighted by atomic mass is 10.0. The first-order valence-electron chi connectivity index (χ1n) is 6.77. The summed E-state index contributed by atoms with van der Waals surface area (Å²) in [5, 5.41) is 0. The predicted octanol–water partition coefficient (Wildman–Crippen LogP) is 1.66. The Balaban J connectivity index is 1.89. The van der Waals surface area contributed by atoms with Crippen molar-refractivity contribution in [2.75, 3.05) is 26.2 Å². The van der Waals surface area contributed by atoms with Gasteiger partial charge in [0.1, 0.15) is 6.33 Å². The van der Waals surface area contributed by atoms with Gasteiger partial charge in [0.05, 0.1) is 0 Å². The van der Waals surface area contributed by atoms with Gasteiger partial charge in [-0.3, -0.25) is 4.57 Å². The third-order valence-electron chi connectivity index (χ3n) is 3.79. The molecule has 0 saturated carbocycles. The van der Waals surface area contributed by atoms with Gasteiger partial charge in [-0.15, -0.1) is 0 Å².